The third-order valence-corrected chi connectivity index (χ3v) is 7.15. The summed E-state index contributed by atoms with van der Waals surface area (Å²) in [4.78, 5) is 24.3. The second-order valence-electron chi connectivity index (χ2n) is 9.35. The van der Waals surface area contributed by atoms with E-state index in [0.29, 0.717) is 29.2 Å². The maximum Gasteiger partial charge on any atom is 0.263 e. The number of halogens is 1. The molecule has 2 aliphatic rings. The van der Waals surface area contributed by atoms with Gasteiger partial charge in [-0.15, -0.1) is 0 Å². The van der Waals surface area contributed by atoms with Crippen LogP contribution in [-0.4, -0.2) is 34.1 Å². The summed E-state index contributed by atoms with van der Waals surface area (Å²) in [5, 5.41) is 8.21. The molecule has 1 saturated heterocycles. The fraction of sp³-hybridized carbons (Fsp3) is 0.333. The Hall–Kier alpha value is -3.81. The Balaban J connectivity index is 1.25. The summed E-state index contributed by atoms with van der Waals surface area (Å²) >= 11 is 0. The van der Waals surface area contributed by atoms with Crippen molar-refractivity contribution in [1.29, 1.82) is 0 Å². The third kappa shape index (κ3) is 4.13. The maximum absolute atomic E-state index is 13.5. The first-order valence-electron chi connectivity index (χ1n) is 12.2. The van der Waals surface area contributed by atoms with E-state index in [-0.39, 0.29) is 23.7 Å². The Bertz CT molecular complexity index is 1370. The molecular weight excluding hydrogens is 445 g/mol. The Morgan fingerprint density at radius 2 is 1.91 bits per heavy atom. The summed E-state index contributed by atoms with van der Waals surface area (Å²) in [6.45, 7) is 1.33. The highest BCUT2D eigenvalue weighted by Gasteiger charge is 2.31. The molecule has 1 fully saturated rings. The van der Waals surface area contributed by atoms with Crippen LogP contribution in [0.1, 0.15) is 42.9 Å². The summed E-state index contributed by atoms with van der Waals surface area (Å²) in [5.74, 6) is 0.322. The number of hydrogen-bond acceptors (Lipinski definition) is 6. The van der Waals surface area contributed by atoms with Crippen molar-refractivity contribution in [2.75, 3.05) is 18.0 Å². The number of piperidine rings is 1. The minimum atomic E-state index is -0.316. The van der Waals surface area contributed by atoms with Crippen LogP contribution in [0.2, 0.25) is 0 Å². The van der Waals surface area contributed by atoms with Gasteiger partial charge in [-0.05, 0) is 67.5 Å². The molecule has 2 aromatic heterocycles. The molecule has 1 N–H and O–H groups in total. The van der Waals surface area contributed by atoms with E-state index >= 15 is 0 Å². The van der Waals surface area contributed by atoms with Gasteiger partial charge >= 0.3 is 0 Å². The van der Waals surface area contributed by atoms with E-state index in [1.807, 2.05) is 6.07 Å². The van der Waals surface area contributed by atoms with Crippen LogP contribution in [0.3, 0.4) is 0 Å². The average molecular weight is 472 g/mol. The molecule has 1 aliphatic carbocycles. The normalized spacial score (nSPS) is 20.0. The molecule has 2 aromatic carbocycles. The standard InChI is InChI=1S/C27H26FN5O2/c28-20-12-10-18(11-13-20)24-23-25(29-16-30-27(23)35-32-24)33-14-4-7-19(15-33)26(34)31-22-9-3-6-17-5-1-2-8-21(17)22/h1-2,5,8,10-13,16,19,22H,3-4,6-7,9,14-15H2,(H,31,34)/t19-,22-/m1/s1. The van der Waals surface area contributed by atoms with Crippen LogP contribution in [0.15, 0.2) is 59.4 Å². The van der Waals surface area contributed by atoms with Gasteiger partial charge in [0.15, 0.2) is 0 Å². The van der Waals surface area contributed by atoms with E-state index in [4.69, 9.17) is 4.52 Å². The smallest absolute Gasteiger partial charge is 0.263 e. The van der Waals surface area contributed by atoms with E-state index < -0.39 is 0 Å². The van der Waals surface area contributed by atoms with Gasteiger partial charge in [-0.2, -0.15) is 4.98 Å². The van der Waals surface area contributed by atoms with Crippen LogP contribution >= 0.6 is 0 Å². The predicted octanol–water partition coefficient (Wildman–Crippen LogP) is 4.83. The monoisotopic (exact) mass is 471 g/mol. The number of benzene rings is 2. The fourth-order valence-electron chi connectivity index (χ4n) is 5.39. The first kappa shape index (κ1) is 21.7. The second-order valence-corrected chi connectivity index (χ2v) is 9.35. The molecule has 4 aromatic rings. The largest absolute Gasteiger partial charge is 0.355 e. The highest BCUT2D eigenvalue weighted by molar-refractivity contribution is 5.98. The van der Waals surface area contributed by atoms with Crippen LogP contribution < -0.4 is 10.2 Å². The second kappa shape index (κ2) is 9.09. The maximum atomic E-state index is 13.5. The number of aromatic nitrogens is 3. The minimum absolute atomic E-state index is 0.0664. The van der Waals surface area contributed by atoms with E-state index in [0.717, 1.165) is 44.2 Å². The molecule has 0 radical (unpaired) electrons. The summed E-state index contributed by atoms with van der Waals surface area (Å²) in [6, 6.07) is 14.6. The first-order valence-corrected chi connectivity index (χ1v) is 12.2. The molecule has 6 rings (SSSR count). The van der Waals surface area contributed by atoms with Crippen molar-refractivity contribution in [2.45, 2.75) is 38.1 Å². The third-order valence-electron chi connectivity index (χ3n) is 7.15. The number of rotatable bonds is 4. The predicted molar refractivity (Wildman–Crippen MR) is 130 cm³/mol. The number of fused-ring (bicyclic) bond motifs is 2. The molecule has 0 unspecified atom stereocenters. The van der Waals surface area contributed by atoms with E-state index in [1.54, 1.807) is 12.1 Å². The lowest BCUT2D eigenvalue weighted by atomic mass is 9.87. The number of nitrogens with zero attached hydrogens (tertiary/aromatic N) is 4. The minimum Gasteiger partial charge on any atom is -0.355 e. The molecular formula is C27H26FN5O2. The number of carbonyl (C=O) groups excluding carboxylic acids is 1. The number of amides is 1. The number of carbonyl (C=O) groups is 1. The molecule has 1 aliphatic heterocycles. The molecule has 3 heterocycles. The number of nitrogens with one attached hydrogen (secondary N) is 1. The van der Waals surface area contributed by atoms with Crippen molar-refractivity contribution in [1.82, 2.24) is 20.4 Å². The lowest BCUT2D eigenvalue weighted by Gasteiger charge is -2.34. The van der Waals surface area contributed by atoms with Gasteiger partial charge in [0.25, 0.3) is 5.71 Å². The van der Waals surface area contributed by atoms with Gasteiger partial charge in [0.1, 0.15) is 29.0 Å². The Labute approximate surface area is 202 Å². The molecule has 7 nitrogen and oxygen atoms in total. The van der Waals surface area contributed by atoms with Gasteiger partial charge in [-0.3, -0.25) is 4.79 Å². The van der Waals surface area contributed by atoms with Crippen molar-refractivity contribution >= 4 is 22.8 Å². The summed E-state index contributed by atoms with van der Waals surface area (Å²) in [6.07, 6.45) is 6.28. The van der Waals surface area contributed by atoms with Crippen LogP contribution in [0.5, 0.6) is 0 Å². The number of anilines is 1. The van der Waals surface area contributed by atoms with Gasteiger partial charge < -0.3 is 14.7 Å². The van der Waals surface area contributed by atoms with Gasteiger partial charge in [-0.1, -0.05) is 29.4 Å². The van der Waals surface area contributed by atoms with Crippen LogP contribution in [0.25, 0.3) is 22.4 Å². The van der Waals surface area contributed by atoms with E-state index in [1.165, 1.54) is 29.6 Å². The number of hydrogen-bond donors (Lipinski definition) is 1. The molecule has 35 heavy (non-hydrogen) atoms. The topological polar surface area (TPSA) is 84.2 Å². The molecule has 2 atom stereocenters. The highest BCUT2D eigenvalue weighted by atomic mass is 19.1. The summed E-state index contributed by atoms with van der Waals surface area (Å²) in [7, 11) is 0. The average Bonchev–Trinajstić information content (AvgIpc) is 3.34. The quantitative estimate of drug-likeness (QED) is 0.459. The molecule has 0 saturated carbocycles. The van der Waals surface area contributed by atoms with Crippen LogP contribution in [0, 0.1) is 11.7 Å². The zero-order valence-electron chi connectivity index (χ0n) is 19.3. The highest BCUT2D eigenvalue weighted by Crippen LogP contribution is 2.35. The SMILES string of the molecule is O=C(N[C@@H]1CCCc2ccccc21)[C@@H]1CCCN(c2ncnc3onc(-c4ccc(F)cc4)c23)C1. The lowest BCUT2D eigenvalue weighted by Crippen LogP contribution is -2.44. The van der Waals surface area contributed by atoms with Gasteiger partial charge in [0.05, 0.1) is 12.0 Å². The van der Waals surface area contributed by atoms with Crippen molar-refractivity contribution in [3.05, 3.63) is 71.8 Å². The Morgan fingerprint density at radius 3 is 2.80 bits per heavy atom. The Kier molecular flexibility index (Phi) is 5.64. The molecule has 0 bridgehead atoms. The fourth-order valence-corrected chi connectivity index (χ4v) is 5.39. The first-order chi connectivity index (χ1) is 17.2. The Morgan fingerprint density at radius 1 is 1.06 bits per heavy atom. The van der Waals surface area contributed by atoms with Gasteiger partial charge in [-0.25, -0.2) is 9.37 Å². The zero-order chi connectivity index (χ0) is 23.8. The van der Waals surface area contributed by atoms with Crippen LogP contribution in [0.4, 0.5) is 10.2 Å². The zero-order valence-corrected chi connectivity index (χ0v) is 19.3. The molecule has 8 heteroatoms. The number of aryl methyl sites for hydroxylation is 1. The molecule has 1 amide bonds. The van der Waals surface area contributed by atoms with Crippen molar-refractivity contribution in [3.63, 3.8) is 0 Å². The summed E-state index contributed by atoms with van der Waals surface area (Å²) < 4.78 is 18.9. The van der Waals surface area contributed by atoms with Gasteiger partial charge in [0, 0.05) is 18.7 Å². The van der Waals surface area contributed by atoms with Crippen molar-refractivity contribution < 1.29 is 13.7 Å². The lowest BCUT2D eigenvalue weighted by molar-refractivity contribution is -0.126. The van der Waals surface area contributed by atoms with Crippen molar-refractivity contribution in [2.24, 2.45) is 5.92 Å². The molecule has 0 spiro atoms. The van der Waals surface area contributed by atoms with E-state index in [9.17, 15) is 9.18 Å². The van der Waals surface area contributed by atoms with Crippen LogP contribution in [-0.2, 0) is 11.2 Å². The molecule has 178 valence electrons. The van der Waals surface area contributed by atoms with Crippen molar-refractivity contribution in [3.8, 4) is 11.3 Å². The van der Waals surface area contributed by atoms with E-state index in [2.05, 4.69) is 43.5 Å². The van der Waals surface area contributed by atoms with Gasteiger partial charge in [0.2, 0.25) is 5.91 Å². The summed E-state index contributed by atoms with van der Waals surface area (Å²) in [5.41, 5.74) is 4.24.